The topological polar surface area (TPSA) is 224 Å². The molecule has 1 saturated heterocycles. The molecule has 3 rings (SSSR count). The van der Waals surface area contributed by atoms with Gasteiger partial charge in [0.1, 0.15) is 0 Å². The fourth-order valence-corrected chi connectivity index (χ4v) is 4.89. The average molecular weight is 581 g/mol. The van der Waals surface area contributed by atoms with Crippen molar-refractivity contribution in [1.29, 1.82) is 5.53 Å². The number of benzene rings is 2. The number of amides is 4. The number of carboxylic acid groups (broad SMARTS) is 2. The molecule has 1 aliphatic heterocycles. The molecule has 1 fully saturated rings. The van der Waals surface area contributed by atoms with E-state index in [1.54, 1.807) is 51.1 Å². The number of aliphatic carboxylic acids is 2. The summed E-state index contributed by atoms with van der Waals surface area (Å²) in [7, 11) is 0. The lowest BCUT2D eigenvalue weighted by Crippen LogP contribution is -2.58. The monoisotopic (exact) mass is 580 g/mol. The Morgan fingerprint density at radius 1 is 1.05 bits per heavy atom. The second kappa shape index (κ2) is 12.3. The summed E-state index contributed by atoms with van der Waals surface area (Å²) in [5.74, 6) is -6.34. The van der Waals surface area contributed by atoms with E-state index in [1.807, 2.05) is 0 Å². The maximum Gasteiger partial charge on any atom is 0.334 e. The molecule has 3 atom stereocenters. The van der Waals surface area contributed by atoms with E-state index in [9.17, 15) is 33.9 Å². The van der Waals surface area contributed by atoms with Crippen molar-refractivity contribution in [1.82, 2.24) is 10.2 Å². The Kier molecular flexibility index (Phi) is 9.21. The van der Waals surface area contributed by atoms with Crippen molar-refractivity contribution in [3.05, 3.63) is 65.7 Å². The first-order valence-electron chi connectivity index (χ1n) is 12.8. The molecule has 6 N–H and O–H groups in total. The van der Waals surface area contributed by atoms with Gasteiger partial charge in [-0.1, -0.05) is 63.2 Å². The SMILES string of the molecule is CC(C)(C)[C@]1(c2ccc(CN=N)cc2)NC(=O)N(CC(=O)[C@@H](C(=O)O)N(C(=O)[C@@H](N)CC(=O)O)c2ccccc2)C1=O. The summed E-state index contributed by atoms with van der Waals surface area (Å²) < 4.78 is 0. The number of nitrogens with one attached hydrogen (secondary N) is 2. The van der Waals surface area contributed by atoms with E-state index in [-0.39, 0.29) is 12.2 Å². The first-order valence-corrected chi connectivity index (χ1v) is 12.8. The number of ketones is 1. The van der Waals surface area contributed by atoms with E-state index in [2.05, 4.69) is 10.4 Å². The van der Waals surface area contributed by atoms with Gasteiger partial charge in [0.2, 0.25) is 5.91 Å². The molecule has 0 aliphatic carbocycles. The van der Waals surface area contributed by atoms with Crippen molar-refractivity contribution in [3.8, 4) is 0 Å². The minimum Gasteiger partial charge on any atom is -0.481 e. The van der Waals surface area contributed by atoms with Crippen molar-refractivity contribution in [2.75, 3.05) is 11.4 Å². The smallest absolute Gasteiger partial charge is 0.334 e. The minimum absolute atomic E-state index is 0.0511. The van der Waals surface area contributed by atoms with Crippen LogP contribution in [0.5, 0.6) is 0 Å². The number of hydrogen-bond acceptors (Lipinski definition) is 9. The van der Waals surface area contributed by atoms with Gasteiger partial charge in [0.05, 0.1) is 25.6 Å². The van der Waals surface area contributed by atoms with Gasteiger partial charge < -0.3 is 21.3 Å². The number of nitrogens with two attached hydrogens (primary N) is 1. The Hall–Kier alpha value is -4.98. The molecule has 42 heavy (non-hydrogen) atoms. The molecule has 0 aromatic heterocycles. The molecular formula is C28H32N6O8. The molecule has 2 aromatic rings. The first kappa shape index (κ1) is 31.5. The van der Waals surface area contributed by atoms with Crippen molar-refractivity contribution in [2.24, 2.45) is 16.3 Å². The number of rotatable bonds is 12. The van der Waals surface area contributed by atoms with E-state index < -0.39 is 71.6 Å². The van der Waals surface area contributed by atoms with Crippen LogP contribution >= 0.6 is 0 Å². The van der Waals surface area contributed by atoms with Crippen LogP contribution < -0.4 is 16.0 Å². The first-order chi connectivity index (χ1) is 19.6. The van der Waals surface area contributed by atoms with Gasteiger partial charge in [0.15, 0.2) is 17.4 Å². The van der Waals surface area contributed by atoms with E-state index in [4.69, 9.17) is 16.4 Å². The molecule has 1 aliphatic rings. The van der Waals surface area contributed by atoms with Gasteiger partial charge >= 0.3 is 18.0 Å². The standard InChI is InChI=1S/C28H32N6O8/c1-27(2,3)28(17-11-9-16(10-12-17)14-31-30)25(41)33(26(42)32-28)15-20(35)22(24(39)40)34(18-7-5-4-6-8-18)23(38)19(29)13-21(36)37/h4-12,19,22,30H,13-15,29H2,1-3H3,(H,32,42)(H,36,37)(H,39,40)/t19-,22-,28+/m0/s1. The van der Waals surface area contributed by atoms with Gasteiger partial charge in [0.25, 0.3) is 5.91 Å². The van der Waals surface area contributed by atoms with Crippen LogP contribution in [0, 0.1) is 10.9 Å². The Balaban J connectivity index is 2.02. The van der Waals surface area contributed by atoms with Crippen LogP contribution in [0.3, 0.4) is 0 Å². The van der Waals surface area contributed by atoms with Crippen LogP contribution in [0.15, 0.2) is 59.7 Å². The predicted molar refractivity (Wildman–Crippen MR) is 147 cm³/mol. The second-order valence-electron chi connectivity index (χ2n) is 10.8. The Morgan fingerprint density at radius 3 is 2.14 bits per heavy atom. The fraction of sp³-hybridized carbons (Fsp3) is 0.357. The largest absolute Gasteiger partial charge is 0.481 e. The summed E-state index contributed by atoms with van der Waals surface area (Å²) >= 11 is 0. The van der Waals surface area contributed by atoms with Gasteiger partial charge in [-0.2, -0.15) is 5.11 Å². The van der Waals surface area contributed by atoms with Gasteiger partial charge in [-0.15, -0.1) is 0 Å². The van der Waals surface area contributed by atoms with Gasteiger partial charge in [-0.25, -0.2) is 15.1 Å². The summed E-state index contributed by atoms with van der Waals surface area (Å²) in [6, 6.07) is 8.84. The number of Topliss-reactive ketones (excluding diaryl/α,β-unsaturated/α-hetero) is 1. The third kappa shape index (κ3) is 6.02. The van der Waals surface area contributed by atoms with Crippen molar-refractivity contribution < 1.29 is 39.0 Å². The molecule has 14 heteroatoms. The number of nitrogens with zero attached hydrogens (tertiary/aromatic N) is 3. The van der Waals surface area contributed by atoms with E-state index in [1.165, 1.54) is 24.3 Å². The lowest BCUT2D eigenvalue weighted by molar-refractivity contribution is -0.146. The molecule has 0 saturated carbocycles. The third-order valence-corrected chi connectivity index (χ3v) is 6.97. The quantitative estimate of drug-likeness (QED) is 0.140. The number of anilines is 1. The zero-order valence-electron chi connectivity index (χ0n) is 23.2. The second-order valence-corrected chi connectivity index (χ2v) is 10.8. The number of imide groups is 1. The Morgan fingerprint density at radius 2 is 1.64 bits per heavy atom. The molecule has 1 heterocycles. The molecule has 0 bridgehead atoms. The maximum atomic E-state index is 14.0. The Labute approximate surface area is 241 Å². The highest BCUT2D eigenvalue weighted by Crippen LogP contribution is 2.44. The third-order valence-electron chi connectivity index (χ3n) is 6.97. The average Bonchev–Trinajstić information content (AvgIpc) is 3.17. The number of carbonyl (C=O) groups excluding carboxylic acids is 4. The molecule has 14 nitrogen and oxygen atoms in total. The van der Waals surface area contributed by atoms with E-state index in [0.29, 0.717) is 20.9 Å². The molecule has 0 unspecified atom stereocenters. The highest BCUT2D eigenvalue weighted by Gasteiger charge is 2.59. The molecular weight excluding hydrogens is 548 g/mol. The van der Waals surface area contributed by atoms with Crippen LogP contribution in [0.2, 0.25) is 0 Å². The van der Waals surface area contributed by atoms with Crippen LogP contribution in [-0.2, 0) is 36.1 Å². The normalized spacial score (nSPS) is 18.1. The van der Waals surface area contributed by atoms with Crippen LogP contribution in [0.25, 0.3) is 0 Å². The van der Waals surface area contributed by atoms with E-state index >= 15 is 0 Å². The molecule has 0 spiro atoms. The lowest BCUT2D eigenvalue weighted by atomic mass is 9.69. The van der Waals surface area contributed by atoms with Crippen molar-refractivity contribution in [2.45, 2.75) is 51.4 Å². The van der Waals surface area contributed by atoms with Gasteiger partial charge in [-0.05, 0) is 28.7 Å². The van der Waals surface area contributed by atoms with E-state index in [0.717, 1.165) is 0 Å². The molecule has 0 radical (unpaired) electrons. The highest BCUT2D eigenvalue weighted by atomic mass is 16.4. The summed E-state index contributed by atoms with van der Waals surface area (Å²) in [6.45, 7) is 4.25. The van der Waals surface area contributed by atoms with Crippen LogP contribution in [-0.4, -0.2) is 69.3 Å². The molecule has 2 aromatic carbocycles. The van der Waals surface area contributed by atoms with Gasteiger partial charge in [-0.3, -0.25) is 29.0 Å². The molecule has 222 valence electrons. The number of hydrogen-bond donors (Lipinski definition) is 5. The molecule has 4 amide bonds. The fourth-order valence-electron chi connectivity index (χ4n) is 4.89. The van der Waals surface area contributed by atoms with Crippen LogP contribution in [0.1, 0.15) is 38.3 Å². The maximum absolute atomic E-state index is 14.0. The highest BCUT2D eigenvalue weighted by molar-refractivity contribution is 6.17. The number of para-hydroxylation sites is 1. The predicted octanol–water partition coefficient (Wildman–Crippen LogP) is 1.87. The van der Waals surface area contributed by atoms with Gasteiger partial charge in [0, 0.05) is 5.69 Å². The lowest BCUT2D eigenvalue weighted by Gasteiger charge is -2.39. The number of carboxylic acids is 2. The summed E-state index contributed by atoms with van der Waals surface area (Å²) in [6.07, 6.45) is -0.835. The summed E-state index contributed by atoms with van der Waals surface area (Å²) in [4.78, 5) is 78.8. The summed E-state index contributed by atoms with van der Waals surface area (Å²) in [5.41, 5.74) is 11.3. The summed E-state index contributed by atoms with van der Waals surface area (Å²) in [5, 5.41) is 25.2. The number of carbonyl (C=O) groups is 6. The zero-order valence-corrected chi connectivity index (χ0v) is 23.2. The zero-order chi connectivity index (χ0) is 31.4. The Bertz CT molecular complexity index is 1410. The van der Waals surface area contributed by atoms with Crippen LogP contribution in [0.4, 0.5) is 10.5 Å². The number of urea groups is 1. The van der Waals surface area contributed by atoms with Crippen molar-refractivity contribution in [3.63, 3.8) is 0 Å². The van der Waals surface area contributed by atoms with Crippen molar-refractivity contribution >= 4 is 41.3 Å². The minimum atomic E-state index is -2.24.